The van der Waals surface area contributed by atoms with Gasteiger partial charge >= 0.3 is 0 Å². The van der Waals surface area contributed by atoms with Gasteiger partial charge in [-0.15, -0.1) is 0 Å². The summed E-state index contributed by atoms with van der Waals surface area (Å²) >= 11 is 0. The molecule has 3 atom stereocenters. The number of para-hydroxylation sites is 2. The van der Waals surface area contributed by atoms with Gasteiger partial charge < -0.3 is 24.5 Å². The van der Waals surface area contributed by atoms with Crippen molar-refractivity contribution < 1.29 is 41.3 Å². The Bertz CT molecular complexity index is 1820. The summed E-state index contributed by atoms with van der Waals surface area (Å²) in [6.45, 7) is 0.177. The second kappa shape index (κ2) is 12.8. The van der Waals surface area contributed by atoms with Gasteiger partial charge in [0.05, 0.1) is 42.7 Å². The molecule has 7 nitrogen and oxygen atoms in total. The number of amides is 1. The van der Waals surface area contributed by atoms with Crippen LogP contribution in [0.4, 0.5) is 22.0 Å². The van der Waals surface area contributed by atoms with Crippen molar-refractivity contribution >= 4 is 16.9 Å². The maximum absolute atomic E-state index is 14.0. The van der Waals surface area contributed by atoms with E-state index in [1.807, 2.05) is 53.1 Å². The summed E-state index contributed by atoms with van der Waals surface area (Å²) in [6.07, 6.45) is 0.918. The van der Waals surface area contributed by atoms with E-state index in [1.165, 1.54) is 0 Å². The predicted molar refractivity (Wildman–Crippen MR) is 152 cm³/mol. The third-order valence-electron chi connectivity index (χ3n) is 7.68. The molecule has 2 heterocycles. The van der Waals surface area contributed by atoms with Crippen molar-refractivity contribution in [3.8, 4) is 0 Å². The maximum atomic E-state index is 14.0. The lowest BCUT2D eigenvalue weighted by molar-refractivity contribution is -0.252. The number of benzene rings is 4. The minimum Gasteiger partial charge on any atom is -0.392 e. The Balaban J connectivity index is 1.19. The largest absolute Gasteiger partial charge is 0.392 e. The number of ether oxygens (including phenoxy) is 2. The molecule has 1 aromatic heterocycles. The molecule has 232 valence electrons. The van der Waals surface area contributed by atoms with E-state index < -0.39 is 46.8 Å². The Hall–Kier alpha value is -4.65. The van der Waals surface area contributed by atoms with Crippen LogP contribution in [-0.4, -0.2) is 26.7 Å². The first-order valence-corrected chi connectivity index (χ1v) is 14.0. The van der Waals surface area contributed by atoms with Crippen LogP contribution < -0.4 is 5.32 Å². The van der Waals surface area contributed by atoms with Crippen molar-refractivity contribution in [1.29, 1.82) is 0 Å². The molecule has 0 saturated carbocycles. The molecule has 4 aromatic carbocycles. The zero-order valence-corrected chi connectivity index (χ0v) is 23.5. The third kappa shape index (κ3) is 6.17. The van der Waals surface area contributed by atoms with Gasteiger partial charge in [-0.05, 0) is 28.8 Å². The number of carbonyl (C=O) groups is 1. The van der Waals surface area contributed by atoms with E-state index in [4.69, 9.17) is 9.47 Å². The summed E-state index contributed by atoms with van der Waals surface area (Å²) in [7, 11) is 0. The van der Waals surface area contributed by atoms with Crippen LogP contribution in [0.15, 0.2) is 79.1 Å². The second-order valence-electron chi connectivity index (χ2n) is 10.6. The molecular formula is C33H26F5N3O4. The van der Waals surface area contributed by atoms with Gasteiger partial charge in [-0.1, -0.05) is 60.7 Å². The molecule has 0 spiro atoms. The van der Waals surface area contributed by atoms with Crippen LogP contribution in [-0.2, 0) is 29.2 Å². The molecule has 1 aliphatic rings. The number of halogens is 5. The van der Waals surface area contributed by atoms with Crippen molar-refractivity contribution in [3.63, 3.8) is 0 Å². The zero-order chi connectivity index (χ0) is 31.7. The number of nitrogens with zero attached hydrogens (tertiary/aromatic N) is 2. The SMILES string of the molecule is O=C(NCc1ccc(C2OC(Cn3cnc4ccccc43)CC(c3ccc(CO)cc3)O2)cc1)c1c(F)c(F)c(F)c(F)c1F. The average Bonchev–Trinajstić information content (AvgIpc) is 3.48. The van der Waals surface area contributed by atoms with Gasteiger partial charge in [-0.25, -0.2) is 26.9 Å². The first-order valence-electron chi connectivity index (χ1n) is 14.0. The van der Waals surface area contributed by atoms with Gasteiger partial charge in [0.15, 0.2) is 29.6 Å². The van der Waals surface area contributed by atoms with Gasteiger partial charge in [-0.3, -0.25) is 4.79 Å². The molecule has 1 fully saturated rings. The molecular weight excluding hydrogens is 597 g/mol. The highest BCUT2D eigenvalue weighted by Crippen LogP contribution is 2.38. The third-order valence-corrected chi connectivity index (χ3v) is 7.68. The van der Waals surface area contributed by atoms with Crippen LogP contribution in [0.1, 0.15) is 51.4 Å². The molecule has 1 amide bonds. The fourth-order valence-corrected chi connectivity index (χ4v) is 5.28. The molecule has 0 radical (unpaired) electrons. The van der Waals surface area contributed by atoms with E-state index in [1.54, 1.807) is 30.6 Å². The van der Waals surface area contributed by atoms with Crippen LogP contribution in [0, 0.1) is 29.1 Å². The minimum absolute atomic E-state index is 0.0811. The van der Waals surface area contributed by atoms with Gasteiger partial charge in [0.25, 0.3) is 5.91 Å². The molecule has 0 aliphatic carbocycles. The first kappa shape index (κ1) is 30.4. The number of fused-ring (bicyclic) bond motifs is 1. The number of aromatic nitrogens is 2. The highest BCUT2D eigenvalue weighted by atomic mass is 19.2. The number of hydrogen-bond donors (Lipinski definition) is 2. The molecule has 1 saturated heterocycles. The zero-order valence-electron chi connectivity index (χ0n) is 23.5. The smallest absolute Gasteiger partial charge is 0.257 e. The van der Waals surface area contributed by atoms with Gasteiger partial charge in [0, 0.05) is 18.5 Å². The normalized spacial score (nSPS) is 18.3. The van der Waals surface area contributed by atoms with Crippen LogP contribution in [0.5, 0.6) is 0 Å². The van der Waals surface area contributed by atoms with E-state index in [0.717, 1.165) is 22.2 Å². The number of imidazole rings is 1. The minimum atomic E-state index is -2.34. The summed E-state index contributed by atoms with van der Waals surface area (Å²) in [4.78, 5) is 16.8. The Labute approximate surface area is 253 Å². The van der Waals surface area contributed by atoms with Crippen LogP contribution in [0.2, 0.25) is 0 Å². The fraction of sp³-hybridized carbons (Fsp3) is 0.212. The van der Waals surface area contributed by atoms with E-state index in [9.17, 15) is 31.9 Å². The van der Waals surface area contributed by atoms with Crippen LogP contribution >= 0.6 is 0 Å². The molecule has 1 aliphatic heterocycles. The molecule has 12 heteroatoms. The number of hydrogen-bond acceptors (Lipinski definition) is 5. The van der Waals surface area contributed by atoms with Crippen molar-refractivity contribution in [2.75, 3.05) is 0 Å². The highest BCUT2D eigenvalue weighted by Gasteiger charge is 2.33. The lowest BCUT2D eigenvalue weighted by Gasteiger charge is -2.36. The number of carbonyl (C=O) groups excluding carboxylic acids is 1. The number of rotatable bonds is 8. The predicted octanol–water partition coefficient (Wildman–Crippen LogP) is 6.40. The molecule has 2 N–H and O–H groups in total. The Morgan fingerprint density at radius 2 is 1.44 bits per heavy atom. The first-order chi connectivity index (χ1) is 21.7. The molecule has 45 heavy (non-hydrogen) atoms. The van der Waals surface area contributed by atoms with E-state index in [2.05, 4.69) is 10.3 Å². The second-order valence-corrected chi connectivity index (χ2v) is 10.6. The van der Waals surface area contributed by atoms with Gasteiger partial charge in [0.1, 0.15) is 5.56 Å². The van der Waals surface area contributed by atoms with Crippen molar-refractivity contribution in [1.82, 2.24) is 14.9 Å². The van der Waals surface area contributed by atoms with Crippen molar-refractivity contribution in [2.45, 2.75) is 44.6 Å². The van der Waals surface area contributed by atoms with E-state index >= 15 is 0 Å². The van der Waals surface area contributed by atoms with E-state index in [0.29, 0.717) is 24.1 Å². The maximum Gasteiger partial charge on any atom is 0.257 e. The Kier molecular flexibility index (Phi) is 8.61. The van der Waals surface area contributed by atoms with Crippen LogP contribution in [0.3, 0.4) is 0 Å². The number of nitrogens with one attached hydrogen (secondary N) is 1. The number of aliphatic hydroxyl groups is 1. The van der Waals surface area contributed by atoms with Crippen LogP contribution in [0.25, 0.3) is 11.0 Å². The fourth-order valence-electron chi connectivity index (χ4n) is 5.28. The molecule has 0 bridgehead atoms. The molecule has 5 aromatic rings. The average molecular weight is 624 g/mol. The Morgan fingerprint density at radius 1 is 0.822 bits per heavy atom. The summed E-state index contributed by atoms with van der Waals surface area (Å²) in [5.74, 6) is -12.6. The summed E-state index contributed by atoms with van der Waals surface area (Å²) < 4.78 is 83.2. The van der Waals surface area contributed by atoms with Crippen molar-refractivity contribution in [2.24, 2.45) is 0 Å². The van der Waals surface area contributed by atoms with Gasteiger partial charge in [0.2, 0.25) is 5.82 Å². The summed E-state index contributed by atoms with van der Waals surface area (Å²) in [5, 5.41) is 11.6. The topological polar surface area (TPSA) is 85.6 Å². The molecule has 3 unspecified atom stereocenters. The Morgan fingerprint density at radius 3 is 2.13 bits per heavy atom. The monoisotopic (exact) mass is 623 g/mol. The lowest BCUT2D eigenvalue weighted by Crippen LogP contribution is -2.32. The molecule has 6 rings (SSSR count). The van der Waals surface area contributed by atoms with Crippen molar-refractivity contribution in [3.05, 3.63) is 136 Å². The highest BCUT2D eigenvalue weighted by molar-refractivity contribution is 5.94. The quantitative estimate of drug-likeness (QED) is 0.119. The summed E-state index contributed by atoms with van der Waals surface area (Å²) in [5.41, 5.74) is 3.10. The standard InChI is InChI=1S/C33H26F5N3O4/c34-27-26(28(35)30(37)31(38)29(27)36)32(43)39-14-18-5-11-21(12-6-18)33-44-22(15-41-17-40-23-3-1-2-4-24(23)41)13-25(45-33)20-9-7-19(16-42)8-10-20/h1-12,17,22,25,33,42H,13-16H2,(H,39,43). The number of aliphatic hydroxyl groups excluding tert-OH is 1. The summed E-state index contributed by atoms with van der Waals surface area (Å²) in [6, 6.07) is 21.9. The van der Waals surface area contributed by atoms with Gasteiger partial charge in [-0.2, -0.15) is 0 Å². The lowest BCUT2D eigenvalue weighted by atomic mass is 9.99. The van der Waals surface area contributed by atoms with E-state index in [-0.39, 0.29) is 25.4 Å².